The number of aromatic nitrogens is 6. The van der Waals surface area contributed by atoms with Crippen LogP contribution in [-0.2, 0) is 68.8 Å². The number of benzene rings is 1. The molecule has 2 aliphatic heterocycles. The average Bonchev–Trinajstić information content (AvgIpc) is 3.05. The number of amides is 8. The Kier molecular flexibility index (Phi) is 26.9. The van der Waals surface area contributed by atoms with Crippen LogP contribution in [0.15, 0.2) is 67.9 Å². The Morgan fingerprint density at radius 3 is 1.71 bits per heavy atom. The molecule has 0 saturated carbocycles. The molecule has 3 aromatic heterocycles. The van der Waals surface area contributed by atoms with E-state index in [4.69, 9.17) is 5.73 Å². The van der Waals surface area contributed by atoms with Gasteiger partial charge in [0.05, 0.1) is 31.1 Å². The lowest BCUT2D eigenvalue weighted by Gasteiger charge is -2.31. The number of hydrogen-bond acceptors (Lipinski definition) is 15. The van der Waals surface area contributed by atoms with Gasteiger partial charge in [0.25, 0.3) is 0 Å². The second-order valence-electron chi connectivity index (χ2n) is 23.6. The van der Waals surface area contributed by atoms with Gasteiger partial charge in [-0.3, -0.25) is 38.4 Å². The summed E-state index contributed by atoms with van der Waals surface area (Å²) in [6.45, 7) is 12.6. The van der Waals surface area contributed by atoms with Gasteiger partial charge in [-0.15, -0.1) is 0 Å². The number of imidazole rings is 3. The van der Waals surface area contributed by atoms with E-state index in [-0.39, 0.29) is 62.9 Å². The summed E-state index contributed by atoms with van der Waals surface area (Å²) >= 11 is 0. The van der Waals surface area contributed by atoms with Gasteiger partial charge in [-0.05, 0) is 87.8 Å². The summed E-state index contributed by atoms with van der Waals surface area (Å²) in [6.07, 6.45) is 13.3. The number of hydrogen-bond donors (Lipinski definition) is 14. The Balaban J connectivity index is 1.16. The van der Waals surface area contributed by atoms with E-state index in [0.717, 1.165) is 12.0 Å². The lowest BCUT2D eigenvalue weighted by molar-refractivity contribution is -0.142. The smallest absolute Gasteiger partial charge is 0.326 e. The fraction of sp³-hybridized carbons (Fsp3) is 0.600. The second kappa shape index (κ2) is 34.3. The van der Waals surface area contributed by atoms with Crippen molar-refractivity contribution in [2.24, 2.45) is 23.5 Å². The molecular weight excluding hydrogens is 1120 g/mol. The van der Waals surface area contributed by atoms with Gasteiger partial charge in [-0.2, -0.15) is 0 Å². The Labute approximate surface area is 508 Å². The first-order chi connectivity index (χ1) is 41.7. The Bertz CT molecular complexity index is 2810. The van der Waals surface area contributed by atoms with Crippen LogP contribution in [0, 0.1) is 17.8 Å². The van der Waals surface area contributed by atoms with Gasteiger partial charge in [0.1, 0.15) is 42.3 Å². The number of likely N-dealkylation sites (tertiary alicyclic amines) is 1. The van der Waals surface area contributed by atoms with Crippen molar-refractivity contribution in [3.63, 3.8) is 0 Å². The van der Waals surface area contributed by atoms with Gasteiger partial charge in [0, 0.05) is 80.5 Å². The minimum absolute atomic E-state index is 0.0223. The largest absolute Gasteiger partial charge is 0.480 e. The highest BCUT2D eigenvalue weighted by atomic mass is 16.4. The minimum Gasteiger partial charge on any atom is -0.480 e. The molecule has 2 unspecified atom stereocenters. The van der Waals surface area contributed by atoms with E-state index in [1.807, 2.05) is 65.0 Å². The predicted molar refractivity (Wildman–Crippen MR) is 322 cm³/mol. The van der Waals surface area contributed by atoms with Crippen LogP contribution in [0.2, 0.25) is 0 Å². The minimum atomic E-state index is -1.24. The summed E-state index contributed by atoms with van der Waals surface area (Å²) in [4.78, 5) is 149. The molecule has 8 amide bonds. The van der Waals surface area contributed by atoms with Crippen LogP contribution in [0.3, 0.4) is 0 Å². The van der Waals surface area contributed by atoms with E-state index in [2.05, 4.69) is 77.8 Å². The molecule has 87 heavy (non-hydrogen) atoms. The third kappa shape index (κ3) is 21.1. The number of carbonyl (C=O) groups is 9. The van der Waals surface area contributed by atoms with Crippen molar-refractivity contribution in [3.05, 3.63) is 90.5 Å². The molecule has 0 radical (unpaired) electrons. The Morgan fingerprint density at radius 1 is 0.632 bits per heavy atom. The molecule has 11 atom stereocenters. The molecule has 476 valence electrons. The predicted octanol–water partition coefficient (Wildman–Crippen LogP) is 0.183. The maximum Gasteiger partial charge on any atom is 0.326 e. The van der Waals surface area contributed by atoms with Gasteiger partial charge in [0.2, 0.25) is 47.3 Å². The van der Waals surface area contributed by atoms with Gasteiger partial charge < -0.3 is 78.5 Å². The number of aliphatic carboxylic acids is 1. The van der Waals surface area contributed by atoms with E-state index < -0.39 is 114 Å². The lowest BCUT2D eigenvalue weighted by atomic mass is 9.95. The quantitative estimate of drug-likeness (QED) is 0.0270. The molecule has 2 aliphatic rings. The first-order valence-electron chi connectivity index (χ1n) is 30.5. The maximum atomic E-state index is 14.8. The van der Waals surface area contributed by atoms with Crippen molar-refractivity contribution in [3.8, 4) is 0 Å². The van der Waals surface area contributed by atoms with Crippen LogP contribution < -0.4 is 53.6 Å². The molecule has 2 fully saturated rings. The molecule has 0 spiro atoms. The second-order valence-corrected chi connectivity index (χ2v) is 23.6. The third-order valence-corrected chi connectivity index (χ3v) is 15.9. The zero-order valence-electron chi connectivity index (χ0n) is 50.9. The number of rotatable bonds is 36. The number of nitrogens with two attached hydrogens (primary N) is 1. The van der Waals surface area contributed by atoms with E-state index in [1.165, 1.54) is 36.3 Å². The first kappa shape index (κ1) is 68.1. The van der Waals surface area contributed by atoms with E-state index in [1.54, 1.807) is 13.1 Å². The Morgan fingerprint density at radius 2 is 1.18 bits per heavy atom. The monoisotopic (exact) mass is 1210 g/mol. The third-order valence-electron chi connectivity index (χ3n) is 15.9. The fourth-order valence-electron chi connectivity index (χ4n) is 10.9. The number of carbonyl (C=O) groups excluding carboxylic acids is 8. The van der Waals surface area contributed by atoms with E-state index in [9.17, 15) is 48.3 Å². The summed E-state index contributed by atoms with van der Waals surface area (Å²) in [7, 11) is 0. The molecule has 27 heteroatoms. The van der Waals surface area contributed by atoms with Crippen LogP contribution in [0.25, 0.3) is 0 Å². The number of unbranched alkanes of at least 4 members (excludes halogenated alkanes) is 1. The standard InChI is InChI=1S/C60H91N17O10/c1-7-37(6)51(58(84)74-47(26-40-29-63-33-68-40)55(81)71-44(60(86)87)17-11-12-20-61)76-57(83)50(36(4)5)66-31-42(23-35(2)3)70-53(79)46(25-39-28-62-32-67-39)72-54(80)45(24-38-15-9-8-10-16-38)73-56(82)49-19-14-22-77(49)59(85)48(27-41-30-64-34-69-41)75-52(78)43-18-13-21-65-43/h8-10,15-16,28-30,32-37,42-51,65-66H,7,11-14,17-27,31,61H2,1-6H3,(H,62,67)(H,63,68)(H,64,69)(H,70,79)(H,71,81)(H,72,80)(H,73,82)(H,74,84)(H,75,78)(H,76,83)(H,86,87)/t37?,42?,43-,44-,45-,46-,47-,48-,49-,50-,51-/m0/s1. The summed E-state index contributed by atoms with van der Waals surface area (Å²) in [5.74, 6) is -6.41. The summed E-state index contributed by atoms with van der Waals surface area (Å²) in [5, 5.41) is 36.6. The summed E-state index contributed by atoms with van der Waals surface area (Å²) < 4.78 is 0. The summed E-state index contributed by atoms with van der Waals surface area (Å²) in [6, 6.07) is -0.892. The van der Waals surface area contributed by atoms with Crippen molar-refractivity contribution in [2.45, 2.75) is 185 Å². The highest BCUT2D eigenvalue weighted by Crippen LogP contribution is 2.21. The molecular formula is C60H91N17O10. The number of nitrogens with zero attached hydrogens (tertiary/aromatic N) is 4. The lowest BCUT2D eigenvalue weighted by Crippen LogP contribution is -2.61. The van der Waals surface area contributed by atoms with Gasteiger partial charge in [-0.1, -0.05) is 78.3 Å². The highest BCUT2D eigenvalue weighted by Gasteiger charge is 2.41. The van der Waals surface area contributed by atoms with Crippen LogP contribution >= 0.6 is 0 Å². The van der Waals surface area contributed by atoms with Crippen molar-refractivity contribution in [2.75, 3.05) is 26.2 Å². The van der Waals surface area contributed by atoms with Crippen molar-refractivity contribution in [1.29, 1.82) is 0 Å². The Hall–Kier alpha value is -8.04. The molecule has 0 bridgehead atoms. The van der Waals surface area contributed by atoms with Crippen LogP contribution in [0.5, 0.6) is 0 Å². The van der Waals surface area contributed by atoms with E-state index in [0.29, 0.717) is 75.1 Å². The first-order valence-corrected chi connectivity index (χ1v) is 30.5. The van der Waals surface area contributed by atoms with Crippen LogP contribution in [0.1, 0.15) is 122 Å². The van der Waals surface area contributed by atoms with Crippen molar-refractivity contribution < 1.29 is 48.3 Å². The average molecular weight is 1210 g/mol. The maximum absolute atomic E-state index is 14.8. The number of H-pyrrole nitrogens is 3. The highest BCUT2D eigenvalue weighted by molar-refractivity contribution is 5.97. The number of nitrogens with one attached hydrogen (secondary N) is 12. The van der Waals surface area contributed by atoms with Crippen molar-refractivity contribution >= 4 is 53.2 Å². The van der Waals surface area contributed by atoms with Crippen LogP contribution in [0.4, 0.5) is 0 Å². The molecule has 6 rings (SSSR count). The number of aromatic amines is 3. The molecule has 0 aliphatic carbocycles. The van der Waals surface area contributed by atoms with E-state index >= 15 is 0 Å². The zero-order valence-corrected chi connectivity index (χ0v) is 50.9. The molecule has 5 heterocycles. The van der Waals surface area contributed by atoms with Crippen molar-refractivity contribution in [1.82, 2.24) is 82.7 Å². The van der Waals surface area contributed by atoms with Gasteiger partial charge in [0.15, 0.2) is 0 Å². The summed E-state index contributed by atoms with van der Waals surface area (Å²) in [5.41, 5.74) is 7.99. The topological polar surface area (TPSA) is 397 Å². The van der Waals surface area contributed by atoms with Crippen LogP contribution in [-0.4, -0.2) is 180 Å². The molecule has 27 nitrogen and oxygen atoms in total. The zero-order chi connectivity index (χ0) is 63.0. The van der Waals surface area contributed by atoms with Gasteiger partial charge >= 0.3 is 5.97 Å². The molecule has 1 aromatic carbocycles. The number of carboxylic acids is 1. The molecule has 4 aromatic rings. The fourth-order valence-corrected chi connectivity index (χ4v) is 10.9. The van der Waals surface area contributed by atoms with Gasteiger partial charge in [-0.25, -0.2) is 19.7 Å². The normalized spacial score (nSPS) is 18.1. The molecule has 15 N–H and O–H groups in total. The number of carboxylic acid groups (broad SMARTS) is 1. The molecule has 2 saturated heterocycles. The SMILES string of the molecule is CCC(C)[C@H](NC(=O)[C@@H](NCC(CC(C)C)NC(=O)[C@H](Cc1cnc[nH]1)NC(=O)[C@H](Cc1ccccc1)NC(=O)[C@@H]1CCCN1C(=O)[C@H](Cc1cnc[nH]1)NC(=O)[C@@H]1CCCN1)C(C)C)C(=O)N[C@@H](Cc1cnc[nH]1)C(=O)N[C@@H](CCCCN)C(=O)O.